The van der Waals surface area contributed by atoms with Crippen molar-refractivity contribution in [3.8, 4) is 0 Å². The van der Waals surface area contributed by atoms with Crippen LogP contribution >= 0.6 is 0 Å². The second-order valence-electron chi connectivity index (χ2n) is 8.54. The number of rotatable bonds is 1. The molecule has 0 saturated heterocycles. The Morgan fingerprint density at radius 2 is 2.09 bits per heavy atom. The maximum absolute atomic E-state index is 11.9. The van der Waals surface area contributed by atoms with Gasteiger partial charge in [0.25, 0.3) is 0 Å². The smallest absolute Gasteiger partial charge is 0.178 e. The van der Waals surface area contributed by atoms with Crippen molar-refractivity contribution < 1.29 is 4.79 Å². The standard InChI is InChI=1S/C22H28O/c1-5-15-6-7-18-17-12-14(2)20-13-16(23)8-10-22(20,4)19(17)9-11-21(15,18)3/h6,8,10,13,17-19H,2,5,7,9,11-12H2,1,3-4H3. The molecule has 23 heavy (non-hydrogen) atoms. The molecule has 0 heterocycles. The minimum absolute atomic E-state index is 0.0181. The Morgan fingerprint density at radius 1 is 1.30 bits per heavy atom. The van der Waals surface area contributed by atoms with Gasteiger partial charge in [-0.15, -0.1) is 0 Å². The van der Waals surface area contributed by atoms with Gasteiger partial charge >= 0.3 is 0 Å². The van der Waals surface area contributed by atoms with E-state index in [0.717, 1.165) is 12.3 Å². The summed E-state index contributed by atoms with van der Waals surface area (Å²) in [6.45, 7) is 11.5. The van der Waals surface area contributed by atoms with E-state index in [0.29, 0.717) is 17.3 Å². The van der Waals surface area contributed by atoms with Crippen LogP contribution in [0.4, 0.5) is 0 Å². The summed E-state index contributed by atoms with van der Waals surface area (Å²) in [4.78, 5) is 11.9. The molecule has 5 atom stereocenters. The van der Waals surface area contributed by atoms with E-state index in [1.807, 2.05) is 6.08 Å². The molecule has 0 aliphatic heterocycles. The van der Waals surface area contributed by atoms with Gasteiger partial charge in [-0.3, -0.25) is 4.79 Å². The zero-order valence-corrected chi connectivity index (χ0v) is 14.7. The molecular weight excluding hydrogens is 280 g/mol. The summed E-state index contributed by atoms with van der Waals surface area (Å²) in [5.74, 6) is 2.26. The van der Waals surface area contributed by atoms with Crippen molar-refractivity contribution in [3.63, 3.8) is 0 Å². The Labute approximate surface area is 140 Å². The maximum atomic E-state index is 11.9. The highest BCUT2D eigenvalue weighted by Crippen LogP contribution is 2.65. The molecule has 122 valence electrons. The first-order chi connectivity index (χ1) is 10.9. The van der Waals surface area contributed by atoms with E-state index in [1.165, 1.54) is 36.8 Å². The van der Waals surface area contributed by atoms with Gasteiger partial charge in [-0.05, 0) is 73.0 Å². The number of fused-ring (bicyclic) bond motifs is 5. The van der Waals surface area contributed by atoms with E-state index < -0.39 is 0 Å². The molecule has 0 aromatic rings. The first kappa shape index (κ1) is 15.2. The Kier molecular flexibility index (Phi) is 3.18. The summed E-state index contributed by atoms with van der Waals surface area (Å²) in [5.41, 5.74) is 4.54. The first-order valence-electron chi connectivity index (χ1n) is 9.23. The molecule has 0 radical (unpaired) electrons. The third-order valence-electron chi connectivity index (χ3n) is 7.65. The third-order valence-corrected chi connectivity index (χ3v) is 7.65. The number of allylic oxidation sites excluding steroid dienone is 7. The molecule has 2 saturated carbocycles. The van der Waals surface area contributed by atoms with Crippen molar-refractivity contribution in [2.45, 2.75) is 52.9 Å². The molecule has 4 rings (SSSR count). The van der Waals surface area contributed by atoms with Gasteiger partial charge in [0.1, 0.15) is 0 Å². The van der Waals surface area contributed by atoms with Crippen LogP contribution in [0.2, 0.25) is 0 Å². The lowest BCUT2D eigenvalue weighted by Crippen LogP contribution is -2.49. The predicted molar refractivity (Wildman–Crippen MR) is 94.9 cm³/mol. The minimum atomic E-state index is 0.0181. The van der Waals surface area contributed by atoms with Crippen LogP contribution < -0.4 is 0 Å². The maximum Gasteiger partial charge on any atom is 0.178 e. The number of hydrogen-bond donors (Lipinski definition) is 0. The van der Waals surface area contributed by atoms with Gasteiger partial charge in [0.05, 0.1) is 0 Å². The van der Waals surface area contributed by atoms with Crippen LogP contribution in [-0.4, -0.2) is 5.78 Å². The fourth-order valence-corrected chi connectivity index (χ4v) is 6.41. The van der Waals surface area contributed by atoms with Crippen molar-refractivity contribution in [3.05, 3.63) is 47.6 Å². The van der Waals surface area contributed by atoms with Crippen molar-refractivity contribution in [1.29, 1.82) is 0 Å². The lowest BCUT2D eigenvalue weighted by molar-refractivity contribution is -0.110. The lowest BCUT2D eigenvalue weighted by atomic mass is 9.47. The van der Waals surface area contributed by atoms with Crippen LogP contribution in [-0.2, 0) is 4.79 Å². The summed E-state index contributed by atoms with van der Waals surface area (Å²) < 4.78 is 0. The molecule has 0 bridgehead atoms. The number of hydrogen-bond acceptors (Lipinski definition) is 1. The van der Waals surface area contributed by atoms with E-state index in [1.54, 1.807) is 11.6 Å². The van der Waals surface area contributed by atoms with Crippen LogP contribution in [0.3, 0.4) is 0 Å². The fourth-order valence-electron chi connectivity index (χ4n) is 6.41. The average molecular weight is 308 g/mol. The van der Waals surface area contributed by atoms with Gasteiger partial charge in [0.15, 0.2) is 5.78 Å². The second-order valence-corrected chi connectivity index (χ2v) is 8.54. The number of carbonyl (C=O) groups excluding carboxylic acids is 1. The Hall–Kier alpha value is -1.37. The second kappa shape index (κ2) is 4.82. The van der Waals surface area contributed by atoms with E-state index in [4.69, 9.17) is 0 Å². The van der Waals surface area contributed by atoms with Crippen molar-refractivity contribution in [1.82, 2.24) is 0 Å². The third kappa shape index (κ3) is 1.89. The van der Waals surface area contributed by atoms with E-state index in [2.05, 4.69) is 39.5 Å². The molecule has 5 unspecified atom stereocenters. The fraction of sp³-hybridized carbons (Fsp3) is 0.591. The molecule has 4 aliphatic carbocycles. The molecular formula is C22H28O. The van der Waals surface area contributed by atoms with Crippen molar-refractivity contribution in [2.24, 2.45) is 28.6 Å². The molecule has 2 fully saturated rings. The summed E-state index contributed by atoms with van der Waals surface area (Å²) in [7, 11) is 0. The molecule has 0 N–H and O–H groups in total. The predicted octanol–water partition coefficient (Wildman–Crippen LogP) is 5.41. The van der Waals surface area contributed by atoms with E-state index >= 15 is 0 Å². The minimum Gasteiger partial charge on any atom is -0.290 e. The van der Waals surface area contributed by atoms with Gasteiger partial charge in [-0.2, -0.15) is 0 Å². The molecule has 0 spiro atoms. The van der Waals surface area contributed by atoms with E-state index in [9.17, 15) is 4.79 Å². The zero-order valence-electron chi connectivity index (χ0n) is 14.7. The Bertz CT molecular complexity index is 676. The largest absolute Gasteiger partial charge is 0.290 e. The van der Waals surface area contributed by atoms with Gasteiger partial charge in [0.2, 0.25) is 0 Å². The van der Waals surface area contributed by atoms with Gasteiger partial charge in [0, 0.05) is 5.41 Å². The van der Waals surface area contributed by atoms with Crippen LogP contribution in [0.5, 0.6) is 0 Å². The highest BCUT2D eigenvalue weighted by molar-refractivity contribution is 6.01. The quantitative estimate of drug-likeness (QED) is 0.592. The van der Waals surface area contributed by atoms with Gasteiger partial charge in [-0.25, -0.2) is 0 Å². The van der Waals surface area contributed by atoms with E-state index in [-0.39, 0.29) is 11.2 Å². The highest BCUT2D eigenvalue weighted by Gasteiger charge is 2.56. The molecule has 0 amide bonds. The summed E-state index contributed by atoms with van der Waals surface area (Å²) in [6, 6.07) is 0. The first-order valence-corrected chi connectivity index (χ1v) is 9.23. The lowest BCUT2D eigenvalue weighted by Gasteiger charge is -2.57. The Morgan fingerprint density at radius 3 is 2.83 bits per heavy atom. The molecule has 0 aromatic heterocycles. The number of ketones is 1. The molecule has 1 nitrogen and oxygen atoms in total. The molecule has 1 heteroatoms. The van der Waals surface area contributed by atoms with Crippen molar-refractivity contribution in [2.75, 3.05) is 0 Å². The van der Waals surface area contributed by atoms with Gasteiger partial charge in [-0.1, -0.05) is 50.6 Å². The van der Waals surface area contributed by atoms with Crippen LogP contribution in [0.1, 0.15) is 52.9 Å². The van der Waals surface area contributed by atoms with Crippen molar-refractivity contribution >= 4 is 5.78 Å². The zero-order chi connectivity index (χ0) is 16.4. The Balaban J connectivity index is 1.74. The summed E-state index contributed by atoms with van der Waals surface area (Å²) in [5, 5.41) is 0. The summed E-state index contributed by atoms with van der Waals surface area (Å²) >= 11 is 0. The normalized spacial score (nSPS) is 45.1. The van der Waals surface area contributed by atoms with Gasteiger partial charge < -0.3 is 0 Å². The number of carbonyl (C=O) groups is 1. The molecule has 4 aliphatic rings. The average Bonchev–Trinajstić information content (AvgIpc) is 2.86. The van der Waals surface area contributed by atoms with Crippen LogP contribution in [0, 0.1) is 28.6 Å². The highest BCUT2D eigenvalue weighted by atomic mass is 16.1. The van der Waals surface area contributed by atoms with Crippen LogP contribution in [0.25, 0.3) is 0 Å². The monoisotopic (exact) mass is 308 g/mol. The SMILES string of the molecule is C=C1CC2C(CCC3(C)C(CC)=CCC23)C2(C)C=CC(=O)C=C12. The van der Waals surface area contributed by atoms with Crippen LogP contribution in [0.15, 0.2) is 47.6 Å². The topological polar surface area (TPSA) is 17.1 Å². The molecule has 0 aromatic carbocycles. The summed E-state index contributed by atoms with van der Waals surface area (Å²) in [6.07, 6.45) is 14.5.